The summed E-state index contributed by atoms with van der Waals surface area (Å²) in [5, 5.41) is 3.02. The van der Waals surface area contributed by atoms with Crippen molar-refractivity contribution >= 4 is 21.8 Å². The van der Waals surface area contributed by atoms with Crippen molar-refractivity contribution in [2.75, 3.05) is 6.61 Å². The molecular weight excluding hydrogens is 380 g/mol. The summed E-state index contributed by atoms with van der Waals surface area (Å²) < 4.78 is 6.51. The first-order valence-corrected chi connectivity index (χ1v) is 8.64. The first kappa shape index (κ1) is 17.2. The fourth-order valence-corrected chi connectivity index (χ4v) is 2.70. The lowest BCUT2D eigenvalue weighted by atomic mass is 10.0. The molecule has 25 heavy (non-hydrogen) atoms. The summed E-state index contributed by atoms with van der Waals surface area (Å²) in [6.07, 6.45) is 3.47. The molecule has 0 spiro atoms. The normalized spacial score (nSPS) is 11.6. The molecule has 1 N–H and O–H groups in total. The number of pyridine rings is 1. The van der Waals surface area contributed by atoms with Gasteiger partial charge in [0.25, 0.3) is 5.91 Å². The number of halogens is 1. The Morgan fingerprint density at radius 3 is 2.40 bits per heavy atom. The van der Waals surface area contributed by atoms with Crippen molar-refractivity contribution < 1.29 is 9.53 Å². The van der Waals surface area contributed by atoms with Gasteiger partial charge in [0.2, 0.25) is 0 Å². The van der Waals surface area contributed by atoms with E-state index in [4.69, 9.17) is 4.74 Å². The molecule has 0 radical (unpaired) electrons. The van der Waals surface area contributed by atoms with Crippen molar-refractivity contribution in [1.29, 1.82) is 0 Å². The van der Waals surface area contributed by atoms with Gasteiger partial charge in [0.15, 0.2) is 6.61 Å². The smallest absolute Gasteiger partial charge is 0.258 e. The number of nitrogens with one attached hydrogen (secondary N) is 1. The Bertz CT molecular complexity index is 769. The lowest BCUT2D eigenvalue weighted by Crippen LogP contribution is -2.33. The summed E-state index contributed by atoms with van der Waals surface area (Å²) in [6.45, 7) is -0.0504. The minimum atomic E-state index is -0.268. The van der Waals surface area contributed by atoms with E-state index in [1.54, 1.807) is 12.4 Å². The van der Waals surface area contributed by atoms with Crippen LogP contribution in [0.5, 0.6) is 5.75 Å². The average molecular weight is 397 g/mol. The summed E-state index contributed by atoms with van der Waals surface area (Å²) in [7, 11) is 0. The molecule has 1 atom stereocenters. The van der Waals surface area contributed by atoms with Crippen molar-refractivity contribution in [3.05, 3.63) is 94.7 Å². The molecule has 1 heterocycles. The number of hydrogen-bond donors (Lipinski definition) is 1. The van der Waals surface area contributed by atoms with Gasteiger partial charge in [0.05, 0.1) is 6.04 Å². The van der Waals surface area contributed by atoms with Crippen molar-refractivity contribution in [2.45, 2.75) is 6.04 Å². The quantitative estimate of drug-likeness (QED) is 0.681. The zero-order chi connectivity index (χ0) is 17.5. The van der Waals surface area contributed by atoms with Gasteiger partial charge < -0.3 is 10.1 Å². The maximum Gasteiger partial charge on any atom is 0.258 e. The molecule has 4 nitrogen and oxygen atoms in total. The molecular formula is C20H17BrN2O2. The number of nitrogens with zero attached hydrogens (tertiary/aromatic N) is 1. The minimum absolute atomic E-state index is 0.0504. The monoisotopic (exact) mass is 396 g/mol. The third kappa shape index (κ3) is 4.90. The van der Waals surface area contributed by atoms with Crippen molar-refractivity contribution in [3.8, 4) is 5.75 Å². The maximum absolute atomic E-state index is 12.4. The van der Waals surface area contributed by atoms with Crippen molar-refractivity contribution in [1.82, 2.24) is 10.3 Å². The lowest BCUT2D eigenvalue weighted by Gasteiger charge is -2.19. The van der Waals surface area contributed by atoms with Crippen molar-refractivity contribution in [3.63, 3.8) is 0 Å². The SMILES string of the molecule is O=C(COc1ccc(Br)cc1)N[C@H](c1ccccc1)c1cccnc1. The average Bonchev–Trinajstić information content (AvgIpc) is 2.67. The lowest BCUT2D eigenvalue weighted by molar-refractivity contribution is -0.123. The number of rotatable bonds is 6. The van der Waals surface area contributed by atoms with Crippen LogP contribution >= 0.6 is 15.9 Å². The Kier molecular flexibility index (Phi) is 5.80. The van der Waals surface area contributed by atoms with Gasteiger partial charge in [-0.2, -0.15) is 0 Å². The first-order chi connectivity index (χ1) is 12.2. The van der Waals surface area contributed by atoms with Crippen LogP contribution in [0.1, 0.15) is 17.2 Å². The molecule has 3 rings (SSSR count). The number of carbonyl (C=O) groups is 1. The highest BCUT2D eigenvalue weighted by molar-refractivity contribution is 9.10. The van der Waals surface area contributed by atoms with Crippen LogP contribution in [0.15, 0.2) is 83.6 Å². The van der Waals surface area contributed by atoms with Gasteiger partial charge in [-0.05, 0) is 41.5 Å². The zero-order valence-electron chi connectivity index (χ0n) is 13.4. The molecule has 0 saturated heterocycles. The Hall–Kier alpha value is -2.66. The van der Waals surface area contributed by atoms with Crippen LogP contribution in [0, 0.1) is 0 Å². The second kappa shape index (κ2) is 8.44. The highest BCUT2D eigenvalue weighted by Crippen LogP contribution is 2.21. The van der Waals surface area contributed by atoms with Gasteiger partial charge in [-0.1, -0.05) is 52.3 Å². The van der Waals surface area contributed by atoms with Gasteiger partial charge in [0.1, 0.15) is 5.75 Å². The van der Waals surface area contributed by atoms with E-state index in [1.807, 2.05) is 66.7 Å². The van der Waals surface area contributed by atoms with Crippen molar-refractivity contribution in [2.24, 2.45) is 0 Å². The second-order valence-electron chi connectivity index (χ2n) is 5.44. The number of benzene rings is 2. The van der Waals surface area contributed by atoms with Gasteiger partial charge >= 0.3 is 0 Å². The fourth-order valence-electron chi connectivity index (χ4n) is 2.43. The standard InChI is InChI=1S/C20H17BrN2O2/c21-17-8-10-18(11-9-17)25-14-19(24)23-20(15-5-2-1-3-6-15)16-7-4-12-22-13-16/h1-13,20H,14H2,(H,23,24)/t20-/m1/s1. The molecule has 2 aromatic carbocycles. The molecule has 1 amide bonds. The Morgan fingerprint density at radius 2 is 1.72 bits per heavy atom. The summed E-state index contributed by atoms with van der Waals surface area (Å²) in [4.78, 5) is 16.5. The zero-order valence-corrected chi connectivity index (χ0v) is 15.0. The number of amides is 1. The molecule has 0 fully saturated rings. The molecule has 0 bridgehead atoms. The van der Waals surface area contributed by atoms with E-state index in [1.165, 1.54) is 0 Å². The van der Waals surface area contributed by atoms with E-state index in [9.17, 15) is 4.79 Å². The van der Waals surface area contributed by atoms with Gasteiger partial charge in [0, 0.05) is 16.9 Å². The van der Waals surface area contributed by atoms with E-state index in [-0.39, 0.29) is 18.6 Å². The largest absolute Gasteiger partial charge is 0.484 e. The van der Waals surface area contributed by atoms with Gasteiger partial charge in [-0.25, -0.2) is 0 Å². The van der Waals surface area contributed by atoms with Crippen LogP contribution in [0.25, 0.3) is 0 Å². The van der Waals surface area contributed by atoms with E-state index in [0.29, 0.717) is 5.75 Å². The van der Waals surface area contributed by atoms with E-state index >= 15 is 0 Å². The molecule has 0 aliphatic carbocycles. The predicted molar refractivity (Wildman–Crippen MR) is 100 cm³/mol. The first-order valence-electron chi connectivity index (χ1n) is 7.85. The molecule has 0 aliphatic rings. The van der Waals surface area contributed by atoms with Crippen LogP contribution in [0.3, 0.4) is 0 Å². The highest BCUT2D eigenvalue weighted by Gasteiger charge is 2.17. The molecule has 126 valence electrons. The van der Waals surface area contributed by atoms with Gasteiger partial charge in [-0.3, -0.25) is 9.78 Å². The predicted octanol–water partition coefficient (Wildman–Crippen LogP) is 4.13. The summed E-state index contributed by atoms with van der Waals surface area (Å²) in [5.74, 6) is 0.455. The van der Waals surface area contributed by atoms with Crippen LogP contribution in [0.4, 0.5) is 0 Å². The summed E-state index contributed by atoms with van der Waals surface area (Å²) >= 11 is 3.37. The summed E-state index contributed by atoms with van der Waals surface area (Å²) in [6, 6.07) is 20.7. The molecule has 0 aliphatic heterocycles. The molecule has 0 unspecified atom stereocenters. The fraction of sp³-hybridized carbons (Fsp3) is 0.100. The van der Waals surface area contributed by atoms with E-state index in [2.05, 4.69) is 26.2 Å². The maximum atomic E-state index is 12.4. The second-order valence-corrected chi connectivity index (χ2v) is 6.36. The topological polar surface area (TPSA) is 51.2 Å². The summed E-state index contributed by atoms with van der Waals surface area (Å²) in [5.41, 5.74) is 1.91. The van der Waals surface area contributed by atoms with Crippen LogP contribution in [-0.4, -0.2) is 17.5 Å². The molecule has 1 aromatic heterocycles. The highest BCUT2D eigenvalue weighted by atomic mass is 79.9. The number of ether oxygens (including phenoxy) is 1. The number of hydrogen-bond acceptors (Lipinski definition) is 3. The third-order valence-corrected chi connectivity index (χ3v) is 4.17. The molecule has 0 saturated carbocycles. The van der Waals surface area contributed by atoms with Crippen LogP contribution < -0.4 is 10.1 Å². The third-order valence-electron chi connectivity index (χ3n) is 3.64. The van der Waals surface area contributed by atoms with E-state index < -0.39 is 0 Å². The molecule has 3 aromatic rings. The number of carbonyl (C=O) groups excluding carboxylic acids is 1. The van der Waals surface area contributed by atoms with Gasteiger partial charge in [-0.15, -0.1) is 0 Å². The Morgan fingerprint density at radius 1 is 1.00 bits per heavy atom. The molecule has 5 heteroatoms. The number of aromatic nitrogens is 1. The van der Waals surface area contributed by atoms with E-state index in [0.717, 1.165) is 15.6 Å². The Balaban J connectivity index is 1.69. The van der Waals surface area contributed by atoms with Crippen LogP contribution in [0.2, 0.25) is 0 Å². The Labute approximate surface area is 155 Å². The minimum Gasteiger partial charge on any atom is -0.484 e. The van der Waals surface area contributed by atoms with Crippen LogP contribution in [-0.2, 0) is 4.79 Å².